The molecule has 0 unspecified atom stereocenters. The third kappa shape index (κ3) is 4.87. The molecule has 1 amide bonds. The maximum atomic E-state index is 11.5. The summed E-state index contributed by atoms with van der Waals surface area (Å²) in [7, 11) is 0. The van der Waals surface area contributed by atoms with E-state index in [-0.39, 0.29) is 5.91 Å². The minimum Gasteiger partial charge on any atom is -0.379 e. The van der Waals surface area contributed by atoms with Crippen molar-refractivity contribution in [2.24, 2.45) is 5.73 Å². The Morgan fingerprint density at radius 1 is 1.53 bits per heavy atom. The molecule has 0 atom stereocenters. The van der Waals surface area contributed by atoms with E-state index in [1.807, 2.05) is 5.38 Å². The number of morpholine rings is 1. The molecule has 0 spiro atoms. The molecule has 3 N–H and O–H groups in total. The Balaban J connectivity index is 1.79. The first kappa shape index (κ1) is 14.4. The highest BCUT2D eigenvalue weighted by molar-refractivity contribution is 7.13. The van der Waals surface area contributed by atoms with Gasteiger partial charge in [-0.25, -0.2) is 4.98 Å². The molecule has 0 aromatic carbocycles. The van der Waals surface area contributed by atoms with Crippen LogP contribution in [0, 0.1) is 0 Å². The van der Waals surface area contributed by atoms with Crippen LogP contribution < -0.4 is 11.1 Å². The lowest BCUT2D eigenvalue weighted by molar-refractivity contribution is -0.116. The smallest absolute Gasteiger partial charge is 0.226 e. The number of ether oxygens (including phenoxy) is 1. The first-order valence-corrected chi connectivity index (χ1v) is 7.40. The topological polar surface area (TPSA) is 80.5 Å². The SMILES string of the molecule is NCCCC(=O)Nc1nc(CN2CCOCC2)cs1. The van der Waals surface area contributed by atoms with Crippen LogP contribution in [0.2, 0.25) is 0 Å². The Labute approximate surface area is 116 Å². The standard InChI is InChI=1S/C12H20N4O2S/c13-3-1-2-11(17)15-12-14-10(9-19-12)8-16-4-6-18-7-5-16/h9H,1-8,13H2,(H,14,15,17). The van der Waals surface area contributed by atoms with E-state index < -0.39 is 0 Å². The van der Waals surface area contributed by atoms with Crippen molar-refractivity contribution in [2.45, 2.75) is 19.4 Å². The predicted molar refractivity (Wildman–Crippen MR) is 75.1 cm³/mol. The molecular formula is C12H20N4O2S. The molecule has 1 fully saturated rings. The van der Waals surface area contributed by atoms with Gasteiger partial charge in [0.2, 0.25) is 5.91 Å². The molecule has 6 nitrogen and oxygen atoms in total. The van der Waals surface area contributed by atoms with Crippen LogP contribution in [-0.2, 0) is 16.1 Å². The lowest BCUT2D eigenvalue weighted by atomic mass is 10.3. The summed E-state index contributed by atoms with van der Waals surface area (Å²) >= 11 is 1.47. The molecule has 0 bridgehead atoms. The van der Waals surface area contributed by atoms with Crippen LogP contribution in [0.5, 0.6) is 0 Å². The molecule has 1 aromatic rings. The van der Waals surface area contributed by atoms with E-state index >= 15 is 0 Å². The Bertz CT molecular complexity index is 404. The second-order valence-electron chi connectivity index (χ2n) is 4.47. The number of anilines is 1. The minimum atomic E-state index is -0.0160. The quantitative estimate of drug-likeness (QED) is 0.802. The van der Waals surface area contributed by atoms with Crippen molar-refractivity contribution < 1.29 is 9.53 Å². The number of thiazole rings is 1. The number of carbonyl (C=O) groups excluding carboxylic acids is 1. The summed E-state index contributed by atoms with van der Waals surface area (Å²) < 4.78 is 5.31. The van der Waals surface area contributed by atoms with E-state index in [0.717, 1.165) is 38.5 Å². The summed E-state index contributed by atoms with van der Waals surface area (Å²) in [6, 6.07) is 0. The predicted octanol–water partition coefficient (Wildman–Crippen LogP) is 0.653. The lowest BCUT2D eigenvalue weighted by Gasteiger charge is -2.25. The van der Waals surface area contributed by atoms with Gasteiger partial charge in [-0.15, -0.1) is 11.3 Å². The number of hydrogen-bond donors (Lipinski definition) is 2. The first-order chi connectivity index (χ1) is 9.28. The fourth-order valence-corrected chi connectivity index (χ4v) is 2.59. The average Bonchev–Trinajstić information content (AvgIpc) is 2.85. The third-order valence-corrected chi connectivity index (χ3v) is 3.70. The number of aromatic nitrogens is 1. The van der Waals surface area contributed by atoms with E-state index in [1.54, 1.807) is 0 Å². The number of nitrogens with zero attached hydrogens (tertiary/aromatic N) is 2. The number of rotatable bonds is 6. The zero-order valence-corrected chi connectivity index (χ0v) is 11.7. The van der Waals surface area contributed by atoms with Gasteiger partial charge in [0.15, 0.2) is 5.13 Å². The van der Waals surface area contributed by atoms with Crippen LogP contribution in [0.4, 0.5) is 5.13 Å². The average molecular weight is 284 g/mol. The Hall–Kier alpha value is -1.02. The number of nitrogens with two attached hydrogens (primary N) is 1. The lowest BCUT2D eigenvalue weighted by Crippen LogP contribution is -2.35. The van der Waals surface area contributed by atoms with Gasteiger partial charge in [0.1, 0.15) is 0 Å². The van der Waals surface area contributed by atoms with E-state index in [9.17, 15) is 4.79 Å². The van der Waals surface area contributed by atoms with E-state index in [0.29, 0.717) is 24.5 Å². The van der Waals surface area contributed by atoms with E-state index in [1.165, 1.54) is 11.3 Å². The highest BCUT2D eigenvalue weighted by atomic mass is 32.1. The largest absolute Gasteiger partial charge is 0.379 e. The second kappa shape index (κ2) is 7.54. The van der Waals surface area contributed by atoms with Crippen LogP contribution in [0.25, 0.3) is 0 Å². The number of carbonyl (C=O) groups is 1. The highest BCUT2D eigenvalue weighted by Gasteiger charge is 2.13. The van der Waals surface area contributed by atoms with Gasteiger partial charge in [0.05, 0.1) is 18.9 Å². The summed E-state index contributed by atoms with van der Waals surface area (Å²) in [6.07, 6.45) is 1.16. The van der Waals surface area contributed by atoms with E-state index in [4.69, 9.17) is 10.5 Å². The van der Waals surface area contributed by atoms with Crippen molar-refractivity contribution in [1.29, 1.82) is 0 Å². The Kier molecular flexibility index (Phi) is 5.71. The van der Waals surface area contributed by atoms with E-state index in [2.05, 4.69) is 15.2 Å². The molecular weight excluding hydrogens is 264 g/mol. The summed E-state index contributed by atoms with van der Waals surface area (Å²) in [5.41, 5.74) is 6.37. The molecule has 1 aliphatic rings. The molecule has 2 heterocycles. The summed E-state index contributed by atoms with van der Waals surface area (Å²) in [4.78, 5) is 18.3. The van der Waals surface area contributed by atoms with Crippen LogP contribution in [0.15, 0.2) is 5.38 Å². The molecule has 19 heavy (non-hydrogen) atoms. The Morgan fingerprint density at radius 2 is 2.32 bits per heavy atom. The van der Waals surface area contributed by atoms with Gasteiger partial charge in [-0.2, -0.15) is 0 Å². The van der Waals surface area contributed by atoms with Gasteiger partial charge in [-0.1, -0.05) is 0 Å². The Morgan fingerprint density at radius 3 is 3.05 bits per heavy atom. The minimum absolute atomic E-state index is 0.0160. The van der Waals surface area contributed by atoms with Crippen molar-refractivity contribution in [3.05, 3.63) is 11.1 Å². The summed E-state index contributed by atoms with van der Waals surface area (Å²) in [6.45, 7) is 4.80. The second-order valence-corrected chi connectivity index (χ2v) is 5.33. The van der Waals surface area contributed by atoms with Crippen molar-refractivity contribution in [1.82, 2.24) is 9.88 Å². The number of nitrogens with one attached hydrogen (secondary N) is 1. The molecule has 1 aliphatic heterocycles. The zero-order chi connectivity index (χ0) is 13.5. The number of amides is 1. The summed E-state index contributed by atoms with van der Waals surface area (Å²) in [5, 5.41) is 5.47. The molecule has 0 radical (unpaired) electrons. The van der Waals surface area contributed by atoms with Gasteiger partial charge in [-0.3, -0.25) is 9.69 Å². The fourth-order valence-electron chi connectivity index (χ4n) is 1.87. The van der Waals surface area contributed by atoms with Crippen molar-refractivity contribution in [3.63, 3.8) is 0 Å². The molecule has 106 valence electrons. The summed E-state index contributed by atoms with van der Waals surface area (Å²) in [5.74, 6) is -0.0160. The zero-order valence-electron chi connectivity index (χ0n) is 10.9. The molecule has 2 rings (SSSR count). The van der Waals surface area contributed by atoms with Gasteiger partial charge < -0.3 is 15.8 Å². The molecule has 0 aliphatic carbocycles. The number of hydrogen-bond acceptors (Lipinski definition) is 6. The van der Waals surface area contributed by atoms with Gasteiger partial charge in [-0.05, 0) is 13.0 Å². The van der Waals surface area contributed by atoms with Crippen LogP contribution in [0.3, 0.4) is 0 Å². The molecule has 7 heteroatoms. The third-order valence-electron chi connectivity index (χ3n) is 2.90. The normalized spacial score (nSPS) is 16.5. The maximum absolute atomic E-state index is 11.5. The monoisotopic (exact) mass is 284 g/mol. The van der Waals surface area contributed by atoms with Crippen LogP contribution >= 0.6 is 11.3 Å². The van der Waals surface area contributed by atoms with Crippen molar-refractivity contribution >= 4 is 22.4 Å². The van der Waals surface area contributed by atoms with Gasteiger partial charge in [0, 0.05) is 31.4 Å². The van der Waals surface area contributed by atoms with Gasteiger partial charge in [0.25, 0.3) is 0 Å². The van der Waals surface area contributed by atoms with Crippen molar-refractivity contribution in [3.8, 4) is 0 Å². The van der Waals surface area contributed by atoms with Crippen molar-refractivity contribution in [2.75, 3.05) is 38.2 Å². The first-order valence-electron chi connectivity index (χ1n) is 6.52. The molecule has 1 saturated heterocycles. The molecule has 1 aromatic heterocycles. The molecule has 0 saturated carbocycles. The van der Waals surface area contributed by atoms with Gasteiger partial charge >= 0.3 is 0 Å². The highest BCUT2D eigenvalue weighted by Crippen LogP contribution is 2.17. The van der Waals surface area contributed by atoms with Crippen LogP contribution in [0.1, 0.15) is 18.5 Å². The fraction of sp³-hybridized carbons (Fsp3) is 0.667. The van der Waals surface area contributed by atoms with Crippen LogP contribution in [-0.4, -0.2) is 48.6 Å². The maximum Gasteiger partial charge on any atom is 0.226 e.